The molecule has 0 unspecified atom stereocenters. The van der Waals surface area contributed by atoms with E-state index in [1.165, 1.54) is 0 Å². The van der Waals surface area contributed by atoms with Crippen molar-refractivity contribution < 1.29 is 9.53 Å². The summed E-state index contributed by atoms with van der Waals surface area (Å²) in [6, 6.07) is 5.57. The fourth-order valence-corrected chi connectivity index (χ4v) is 1.46. The highest BCUT2D eigenvalue weighted by molar-refractivity contribution is 5.91. The van der Waals surface area contributed by atoms with E-state index < -0.39 is 5.60 Å². The van der Waals surface area contributed by atoms with Gasteiger partial charge in [-0.3, -0.25) is 0 Å². The van der Waals surface area contributed by atoms with Gasteiger partial charge in [-0.25, -0.2) is 4.79 Å². The Morgan fingerprint density at radius 1 is 1.41 bits per heavy atom. The second-order valence-corrected chi connectivity index (χ2v) is 4.86. The highest BCUT2D eigenvalue weighted by Crippen LogP contribution is 2.19. The van der Waals surface area contributed by atoms with Crippen LogP contribution in [0.2, 0.25) is 0 Å². The number of nitrogens with two attached hydrogens (primary N) is 1. The molecule has 0 aromatic heterocycles. The molecule has 0 atom stereocenters. The zero-order valence-electron chi connectivity index (χ0n) is 11.0. The molecule has 0 bridgehead atoms. The van der Waals surface area contributed by atoms with Crippen molar-refractivity contribution in [2.45, 2.75) is 46.3 Å². The SMILES string of the molecule is CCC(C)(C)OC(=O)c1ccc(CN)cc1C. The number of hydrogen-bond acceptors (Lipinski definition) is 3. The summed E-state index contributed by atoms with van der Waals surface area (Å²) in [6.45, 7) is 8.20. The number of hydrogen-bond donors (Lipinski definition) is 1. The molecule has 17 heavy (non-hydrogen) atoms. The van der Waals surface area contributed by atoms with E-state index in [0.717, 1.165) is 17.5 Å². The van der Waals surface area contributed by atoms with E-state index in [1.54, 1.807) is 6.07 Å². The van der Waals surface area contributed by atoms with E-state index in [1.807, 2.05) is 39.8 Å². The summed E-state index contributed by atoms with van der Waals surface area (Å²) in [5.74, 6) is -0.266. The van der Waals surface area contributed by atoms with Gasteiger partial charge >= 0.3 is 5.97 Å². The summed E-state index contributed by atoms with van der Waals surface area (Å²) >= 11 is 0. The van der Waals surface area contributed by atoms with Crippen LogP contribution in [0.15, 0.2) is 18.2 Å². The normalized spacial score (nSPS) is 11.4. The topological polar surface area (TPSA) is 52.3 Å². The molecular weight excluding hydrogens is 214 g/mol. The molecule has 1 aromatic carbocycles. The predicted octanol–water partition coefficient (Wildman–Crippen LogP) is 2.80. The van der Waals surface area contributed by atoms with Crippen molar-refractivity contribution >= 4 is 5.97 Å². The number of rotatable bonds is 4. The Labute approximate surface area is 103 Å². The van der Waals surface area contributed by atoms with E-state index in [9.17, 15) is 4.79 Å². The average Bonchev–Trinajstić information content (AvgIpc) is 2.28. The number of carbonyl (C=O) groups is 1. The minimum atomic E-state index is -0.421. The van der Waals surface area contributed by atoms with Gasteiger partial charge in [0.25, 0.3) is 0 Å². The summed E-state index contributed by atoms with van der Waals surface area (Å²) in [7, 11) is 0. The van der Waals surface area contributed by atoms with E-state index in [2.05, 4.69) is 0 Å². The van der Waals surface area contributed by atoms with E-state index in [-0.39, 0.29) is 5.97 Å². The first kappa shape index (κ1) is 13.7. The Kier molecular flexibility index (Phi) is 4.29. The van der Waals surface area contributed by atoms with Gasteiger partial charge in [-0.05, 0) is 44.4 Å². The molecule has 0 saturated carbocycles. The summed E-state index contributed by atoms with van der Waals surface area (Å²) in [4.78, 5) is 12.0. The molecule has 94 valence electrons. The molecular formula is C14H21NO2. The Hall–Kier alpha value is -1.35. The first-order chi connectivity index (χ1) is 7.89. The number of esters is 1. The van der Waals surface area contributed by atoms with Crippen molar-refractivity contribution in [2.24, 2.45) is 5.73 Å². The third kappa shape index (κ3) is 3.56. The van der Waals surface area contributed by atoms with Crippen LogP contribution in [0.25, 0.3) is 0 Å². The molecule has 0 aliphatic rings. The van der Waals surface area contributed by atoms with Crippen molar-refractivity contribution in [3.05, 3.63) is 34.9 Å². The zero-order chi connectivity index (χ0) is 13.1. The van der Waals surface area contributed by atoms with Crippen molar-refractivity contribution in [1.29, 1.82) is 0 Å². The lowest BCUT2D eigenvalue weighted by Crippen LogP contribution is -2.27. The molecule has 0 heterocycles. The van der Waals surface area contributed by atoms with Gasteiger partial charge in [0, 0.05) is 6.54 Å². The van der Waals surface area contributed by atoms with Crippen LogP contribution in [0.1, 0.15) is 48.7 Å². The average molecular weight is 235 g/mol. The molecule has 3 nitrogen and oxygen atoms in total. The maximum absolute atomic E-state index is 12.0. The van der Waals surface area contributed by atoms with Crippen molar-refractivity contribution in [3.63, 3.8) is 0 Å². The zero-order valence-corrected chi connectivity index (χ0v) is 11.0. The van der Waals surface area contributed by atoms with Crippen LogP contribution in [0.5, 0.6) is 0 Å². The molecule has 0 aliphatic carbocycles. The Morgan fingerprint density at radius 2 is 2.06 bits per heavy atom. The van der Waals surface area contributed by atoms with Crippen LogP contribution in [0, 0.1) is 6.92 Å². The van der Waals surface area contributed by atoms with Gasteiger partial charge in [0.2, 0.25) is 0 Å². The number of aryl methyl sites for hydroxylation is 1. The molecule has 0 aliphatic heterocycles. The van der Waals surface area contributed by atoms with Crippen LogP contribution in [-0.4, -0.2) is 11.6 Å². The standard InChI is InChI=1S/C14H21NO2/c1-5-14(3,4)17-13(16)12-7-6-11(9-15)8-10(12)2/h6-8H,5,9,15H2,1-4H3. The van der Waals surface area contributed by atoms with Crippen LogP contribution in [-0.2, 0) is 11.3 Å². The fourth-order valence-electron chi connectivity index (χ4n) is 1.46. The molecule has 0 radical (unpaired) electrons. The van der Waals surface area contributed by atoms with E-state index in [4.69, 9.17) is 10.5 Å². The van der Waals surface area contributed by atoms with Crippen LogP contribution in [0.3, 0.4) is 0 Å². The number of ether oxygens (including phenoxy) is 1. The van der Waals surface area contributed by atoms with E-state index >= 15 is 0 Å². The summed E-state index contributed by atoms with van der Waals surface area (Å²) in [6.07, 6.45) is 0.790. The maximum atomic E-state index is 12.0. The highest BCUT2D eigenvalue weighted by Gasteiger charge is 2.22. The van der Waals surface area contributed by atoms with Crippen molar-refractivity contribution in [1.82, 2.24) is 0 Å². The number of carbonyl (C=O) groups excluding carboxylic acids is 1. The molecule has 0 fully saturated rings. The third-order valence-electron chi connectivity index (χ3n) is 2.97. The minimum Gasteiger partial charge on any atom is -0.456 e. The van der Waals surface area contributed by atoms with Gasteiger partial charge in [0.05, 0.1) is 5.56 Å². The minimum absolute atomic E-state index is 0.266. The van der Waals surface area contributed by atoms with Crippen LogP contribution >= 0.6 is 0 Å². The van der Waals surface area contributed by atoms with Crippen molar-refractivity contribution in [3.8, 4) is 0 Å². The largest absolute Gasteiger partial charge is 0.456 e. The van der Waals surface area contributed by atoms with Gasteiger partial charge in [-0.2, -0.15) is 0 Å². The molecule has 3 heteroatoms. The third-order valence-corrected chi connectivity index (χ3v) is 2.97. The lowest BCUT2D eigenvalue weighted by molar-refractivity contribution is -0.00250. The molecule has 0 saturated heterocycles. The summed E-state index contributed by atoms with van der Waals surface area (Å²) in [5, 5.41) is 0. The van der Waals surface area contributed by atoms with E-state index in [0.29, 0.717) is 12.1 Å². The lowest BCUT2D eigenvalue weighted by Gasteiger charge is -2.23. The predicted molar refractivity (Wildman–Crippen MR) is 68.9 cm³/mol. The lowest BCUT2D eigenvalue weighted by atomic mass is 10.0. The monoisotopic (exact) mass is 235 g/mol. The van der Waals surface area contributed by atoms with Gasteiger partial charge in [-0.1, -0.05) is 19.1 Å². The van der Waals surface area contributed by atoms with Gasteiger partial charge in [-0.15, -0.1) is 0 Å². The van der Waals surface area contributed by atoms with Crippen molar-refractivity contribution in [2.75, 3.05) is 0 Å². The molecule has 1 aromatic rings. The Balaban J connectivity index is 2.90. The fraction of sp³-hybridized carbons (Fsp3) is 0.500. The molecule has 2 N–H and O–H groups in total. The van der Waals surface area contributed by atoms with Crippen LogP contribution in [0.4, 0.5) is 0 Å². The first-order valence-electron chi connectivity index (χ1n) is 5.92. The second kappa shape index (κ2) is 5.32. The Bertz CT molecular complexity index is 411. The maximum Gasteiger partial charge on any atom is 0.338 e. The Morgan fingerprint density at radius 3 is 2.53 bits per heavy atom. The molecule has 0 spiro atoms. The van der Waals surface area contributed by atoms with Gasteiger partial charge in [0.15, 0.2) is 0 Å². The second-order valence-electron chi connectivity index (χ2n) is 4.86. The summed E-state index contributed by atoms with van der Waals surface area (Å²) < 4.78 is 5.46. The highest BCUT2D eigenvalue weighted by atomic mass is 16.6. The first-order valence-corrected chi connectivity index (χ1v) is 5.92. The number of benzene rings is 1. The smallest absolute Gasteiger partial charge is 0.338 e. The molecule has 0 amide bonds. The quantitative estimate of drug-likeness (QED) is 0.816. The van der Waals surface area contributed by atoms with Gasteiger partial charge in [0.1, 0.15) is 5.60 Å². The van der Waals surface area contributed by atoms with Crippen LogP contribution < -0.4 is 5.73 Å². The summed E-state index contributed by atoms with van der Waals surface area (Å²) in [5.41, 5.74) is 7.68. The van der Waals surface area contributed by atoms with Gasteiger partial charge < -0.3 is 10.5 Å². The molecule has 1 rings (SSSR count).